The maximum atomic E-state index is 11.1. The molecule has 0 aromatic carbocycles. The Morgan fingerprint density at radius 3 is 2.72 bits per heavy atom. The van der Waals surface area contributed by atoms with E-state index in [4.69, 9.17) is 10.4 Å². The summed E-state index contributed by atoms with van der Waals surface area (Å²) in [6.45, 7) is 6.35. The Morgan fingerprint density at radius 2 is 2.17 bits per heavy atom. The van der Waals surface area contributed by atoms with Crippen LogP contribution in [0.25, 0.3) is 0 Å². The molecule has 1 rings (SSSR count). The number of hydrogen-bond donors (Lipinski definition) is 1. The van der Waals surface area contributed by atoms with Gasteiger partial charge in [0.25, 0.3) is 0 Å². The van der Waals surface area contributed by atoms with Gasteiger partial charge in [0.15, 0.2) is 0 Å². The number of aromatic carboxylic acids is 1. The van der Waals surface area contributed by atoms with E-state index >= 15 is 0 Å². The van der Waals surface area contributed by atoms with Crippen molar-refractivity contribution in [2.75, 3.05) is 0 Å². The van der Waals surface area contributed by atoms with Gasteiger partial charge in [-0.3, -0.25) is 0 Å². The number of hydrogen-bond acceptors (Lipinski definition) is 2. The highest BCUT2D eigenvalue weighted by Crippen LogP contribution is 2.22. The topological polar surface area (TPSA) is 66.0 Å². The zero-order valence-corrected chi connectivity index (χ0v) is 11.2. The number of rotatable bonds is 6. The minimum absolute atomic E-state index is 0.289. The lowest BCUT2D eigenvalue weighted by Crippen LogP contribution is -2.11. The van der Waals surface area contributed by atoms with E-state index in [9.17, 15) is 4.79 Å². The van der Waals surface area contributed by atoms with Gasteiger partial charge < -0.3 is 9.67 Å². The first-order chi connectivity index (χ1) is 8.37. The molecule has 4 nitrogen and oxygen atoms in total. The number of nitrogens with zero attached hydrogens (tertiary/aromatic N) is 2. The van der Waals surface area contributed by atoms with Gasteiger partial charge in [-0.1, -0.05) is 6.42 Å². The van der Waals surface area contributed by atoms with Crippen molar-refractivity contribution < 1.29 is 9.90 Å². The van der Waals surface area contributed by atoms with Gasteiger partial charge in [0.2, 0.25) is 0 Å². The molecule has 1 aromatic heterocycles. The summed E-state index contributed by atoms with van der Waals surface area (Å²) in [6, 6.07) is 4.09. The van der Waals surface area contributed by atoms with Gasteiger partial charge in [-0.15, -0.1) is 0 Å². The van der Waals surface area contributed by atoms with Gasteiger partial charge in [-0.25, -0.2) is 4.79 Å². The van der Waals surface area contributed by atoms with Crippen molar-refractivity contribution in [1.82, 2.24) is 4.57 Å². The molecule has 1 heterocycles. The minimum atomic E-state index is -0.880. The van der Waals surface area contributed by atoms with Crippen LogP contribution < -0.4 is 0 Å². The Kier molecular flexibility index (Phi) is 4.55. The van der Waals surface area contributed by atoms with Crippen LogP contribution >= 0.6 is 0 Å². The number of aromatic nitrogens is 1. The van der Waals surface area contributed by atoms with Crippen molar-refractivity contribution in [2.24, 2.45) is 5.41 Å². The summed E-state index contributed by atoms with van der Waals surface area (Å²) in [5, 5.41) is 18.0. The average Bonchev–Trinajstić information content (AvgIpc) is 2.66. The Bertz CT molecular complexity index is 467. The Labute approximate surface area is 108 Å². The third-order valence-electron chi connectivity index (χ3n) is 3.12. The molecular weight excluding hydrogens is 228 g/mol. The molecule has 0 aliphatic heterocycles. The SMILES string of the molecule is Cc1ccn(CCCCC(C)(C)C#N)c1C(=O)O. The largest absolute Gasteiger partial charge is 0.477 e. The fraction of sp³-hybridized carbons (Fsp3) is 0.571. The molecule has 98 valence electrons. The van der Waals surface area contributed by atoms with E-state index in [0.717, 1.165) is 24.8 Å². The van der Waals surface area contributed by atoms with Crippen LogP contribution in [0.4, 0.5) is 0 Å². The van der Waals surface area contributed by atoms with Gasteiger partial charge >= 0.3 is 5.97 Å². The standard InChI is InChI=1S/C14H20N2O2/c1-11-6-9-16(12(11)13(17)18)8-5-4-7-14(2,3)10-15/h6,9H,4-5,7-8H2,1-3H3,(H,17,18). The van der Waals surface area contributed by atoms with E-state index in [1.807, 2.05) is 26.1 Å². The molecule has 0 aliphatic rings. The smallest absolute Gasteiger partial charge is 0.352 e. The lowest BCUT2D eigenvalue weighted by atomic mass is 9.89. The minimum Gasteiger partial charge on any atom is -0.477 e. The average molecular weight is 248 g/mol. The van der Waals surface area contributed by atoms with Crippen molar-refractivity contribution in [2.45, 2.75) is 46.6 Å². The molecule has 0 spiro atoms. The second-order valence-corrected chi connectivity index (χ2v) is 5.30. The predicted octanol–water partition coefficient (Wildman–Crippen LogP) is 3.21. The fourth-order valence-corrected chi connectivity index (χ4v) is 1.96. The summed E-state index contributed by atoms with van der Waals surface area (Å²) in [6.07, 6.45) is 4.47. The molecule has 0 bridgehead atoms. The van der Waals surface area contributed by atoms with Gasteiger partial charge in [0.05, 0.1) is 11.5 Å². The number of aryl methyl sites for hydroxylation is 2. The highest BCUT2D eigenvalue weighted by Gasteiger charge is 2.16. The monoisotopic (exact) mass is 248 g/mol. The van der Waals surface area contributed by atoms with E-state index in [1.54, 1.807) is 11.5 Å². The first-order valence-corrected chi connectivity index (χ1v) is 6.17. The molecule has 0 saturated carbocycles. The summed E-state index contributed by atoms with van der Waals surface area (Å²) in [5.41, 5.74) is 0.872. The number of unbranched alkanes of at least 4 members (excludes halogenated alkanes) is 1. The van der Waals surface area contributed by atoms with Crippen LogP contribution in [0.5, 0.6) is 0 Å². The first-order valence-electron chi connectivity index (χ1n) is 6.17. The summed E-state index contributed by atoms with van der Waals surface area (Å²) in [4.78, 5) is 11.1. The third kappa shape index (κ3) is 3.63. The highest BCUT2D eigenvalue weighted by atomic mass is 16.4. The Hall–Kier alpha value is -1.76. The van der Waals surface area contributed by atoms with Crippen molar-refractivity contribution in [3.8, 4) is 6.07 Å². The Morgan fingerprint density at radius 1 is 1.50 bits per heavy atom. The lowest BCUT2D eigenvalue weighted by molar-refractivity contribution is 0.0684. The maximum Gasteiger partial charge on any atom is 0.352 e. The van der Waals surface area contributed by atoms with Gasteiger partial charge in [-0.05, 0) is 45.2 Å². The second kappa shape index (κ2) is 5.72. The highest BCUT2D eigenvalue weighted by molar-refractivity contribution is 5.87. The van der Waals surface area contributed by atoms with Crippen LogP contribution in [0.3, 0.4) is 0 Å². The first kappa shape index (κ1) is 14.3. The molecule has 0 atom stereocenters. The van der Waals surface area contributed by atoms with Gasteiger partial charge in [0.1, 0.15) is 5.69 Å². The van der Waals surface area contributed by atoms with Gasteiger partial charge in [-0.2, -0.15) is 5.26 Å². The molecule has 1 aromatic rings. The Balaban J connectivity index is 2.51. The summed E-state index contributed by atoms with van der Waals surface area (Å²) in [7, 11) is 0. The zero-order chi connectivity index (χ0) is 13.8. The van der Waals surface area contributed by atoms with E-state index in [-0.39, 0.29) is 5.41 Å². The van der Waals surface area contributed by atoms with Crippen LogP contribution in [0.15, 0.2) is 12.3 Å². The zero-order valence-electron chi connectivity index (χ0n) is 11.2. The summed E-state index contributed by atoms with van der Waals surface area (Å²) < 4.78 is 1.77. The van der Waals surface area contributed by atoms with Crippen LogP contribution in [0.2, 0.25) is 0 Å². The molecule has 0 fully saturated rings. The van der Waals surface area contributed by atoms with Crippen LogP contribution in [-0.2, 0) is 6.54 Å². The molecule has 4 heteroatoms. The van der Waals surface area contributed by atoms with Crippen LogP contribution in [-0.4, -0.2) is 15.6 Å². The number of nitriles is 1. The third-order valence-corrected chi connectivity index (χ3v) is 3.12. The molecule has 0 radical (unpaired) electrons. The molecule has 0 unspecified atom stereocenters. The number of carbonyl (C=O) groups is 1. The van der Waals surface area contributed by atoms with Crippen molar-refractivity contribution in [1.29, 1.82) is 5.26 Å². The van der Waals surface area contributed by atoms with E-state index in [0.29, 0.717) is 12.2 Å². The molecule has 0 amide bonds. The molecule has 0 saturated heterocycles. The van der Waals surface area contributed by atoms with Crippen molar-refractivity contribution in [3.63, 3.8) is 0 Å². The van der Waals surface area contributed by atoms with Crippen LogP contribution in [0, 0.1) is 23.7 Å². The summed E-state index contributed by atoms with van der Waals surface area (Å²) in [5.74, 6) is -0.880. The predicted molar refractivity (Wildman–Crippen MR) is 69.4 cm³/mol. The quantitative estimate of drug-likeness (QED) is 0.786. The van der Waals surface area contributed by atoms with Crippen molar-refractivity contribution >= 4 is 5.97 Å². The van der Waals surface area contributed by atoms with Crippen molar-refractivity contribution in [3.05, 3.63) is 23.5 Å². The molecule has 18 heavy (non-hydrogen) atoms. The molecular formula is C14H20N2O2. The fourth-order valence-electron chi connectivity index (χ4n) is 1.96. The van der Waals surface area contributed by atoms with E-state index in [2.05, 4.69) is 6.07 Å². The maximum absolute atomic E-state index is 11.1. The van der Waals surface area contributed by atoms with Gasteiger partial charge in [0, 0.05) is 12.7 Å². The lowest BCUT2D eigenvalue weighted by Gasteiger charge is -2.14. The molecule has 1 N–H and O–H groups in total. The number of carboxylic acid groups (broad SMARTS) is 1. The van der Waals surface area contributed by atoms with E-state index < -0.39 is 5.97 Å². The second-order valence-electron chi connectivity index (χ2n) is 5.30. The van der Waals surface area contributed by atoms with E-state index in [1.165, 1.54) is 0 Å². The molecule has 0 aliphatic carbocycles. The van der Waals surface area contributed by atoms with Crippen LogP contribution in [0.1, 0.15) is 49.2 Å². The normalized spacial score (nSPS) is 11.2. The summed E-state index contributed by atoms with van der Waals surface area (Å²) >= 11 is 0. The number of carboxylic acids is 1.